The van der Waals surface area contributed by atoms with Crippen molar-refractivity contribution in [2.45, 2.75) is 39.3 Å². The number of amides is 3. The van der Waals surface area contributed by atoms with Gasteiger partial charge in [0.2, 0.25) is 5.91 Å². The van der Waals surface area contributed by atoms with Crippen LogP contribution in [-0.2, 0) is 11.3 Å². The van der Waals surface area contributed by atoms with E-state index < -0.39 is 6.04 Å². The molecule has 1 aromatic heterocycles. The minimum atomic E-state index is -0.830. The van der Waals surface area contributed by atoms with Gasteiger partial charge >= 0.3 is 6.03 Å². The summed E-state index contributed by atoms with van der Waals surface area (Å²) in [5.74, 6) is -0.0120. The molecule has 2 heterocycles. The second-order valence-corrected chi connectivity index (χ2v) is 11.8. The number of aromatic amines is 1. The van der Waals surface area contributed by atoms with Crippen molar-refractivity contribution >= 4 is 34.2 Å². The quantitative estimate of drug-likeness (QED) is 0.222. The zero-order valence-electron chi connectivity index (χ0n) is 26.4. The highest BCUT2D eigenvalue weighted by Gasteiger charge is 2.32. The molecule has 1 aliphatic heterocycles. The summed E-state index contributed by atoms with van der Waals surface area (Å²) in [5, 5.41) is 7.26. The minimum absolute atomic E-state index is 0.243. The average molecular weight is 597 g/mol. The second-order valence-electron chi connectivity index (χ2n) is 11.8. The maximum atomic E-state index is 14.1. The zero-order chi connectivity index (χ0) is 31.2. The number of aromatic nitrogens is 1. The molecule has 3 N–H and O–H groups in total. The molecule has 0 aliphatic carbocycles. The van der Waals surface area contributed by atoms with Gasteiger partial charge in [0.05, 0.1) is 12.3 Å². The van der Waals surface area contributed by atoms with E-state index in [0.717, 1.165) is 41.7 Å². The maximum Gasteiger partial charge on any atom is 0.318 e. The Morgan fingerprint density at radius 1 is 1.00 bits per heavy atom. The number of carbonyl (C=O) groups is 2. The average Bonchev–Trinajstić information content (AvgIpc) is 3.45. The number of H-pyrrole nitrogens is 1. The van der Waals surface area contributed by atoms with Gasteiger partial charge in [-0.15, -0.1) is 0 Å². The van der Waals surface area contributed by atoms with Crippen LogP contribution in [0.2, 0.25) is 0 Å². The van der Waals surface area contributed by atoms with Gasteiger partial charge in [-0.25, -0.2) is 4.79 Å². The first-order chi connectivity index (χ1) is 21.2. The summed E-state index contributed by atoms with van der Waals surface area (Å²) in [5.41, 5.74) is 6.01. The molecular weight excluding hydrogens is 552 g/mol. The molecule has 0 unspecified atom stereocenters. The van der Waals surface area contributed by atoms with Crippen LogP contribution in [0.1, 0.15) is 36.5 Å². The molecule has 1 saturated heterocycles. The number of nitrogens with zero attached hydrogens (tertiary/aromatic N) is 3. The summed E-state index contributed by atoms with van der Waals surface area (Å²) in [6, 6.07) is 21.1. The smallest absolute Gasteiger partial charge is 0.318 e. The van der Waals surface area contributed by atoms with E-state index >= 15 is 0 Å². The molecule has 5 rings (SSSR count). The van der Waals surface area contributed by atoms with E-state index in [4.69, 9.17) is 4.74 Å². The Kier molecular flexibility index (Phi) is 9.75. The largest absolute Gasteiger partial charge is 0.492 e. The van der Waals surface area contributed by atoms with E-state index in [2.05, 4.69) is 44.5 Å². The summed E-state index contributed by atoms with van der Waals surface area (Å²) >= 11 is 0. The number of urea groups is 1. The number of rotatable bonds is 10. The summed E-state index contributed by atoms with van der Waals surface area (Å²) in [6.45, 7) is 9.78. The van der Waals surface area contributed by atoms with Crippen molar-refractivity contribution in [2.75, 3.05) is 57.1 Å². The number of benzene rings is 3. The molecule has 9 nitrogen and oxygen atoms in total. The number of piperazine rings is 1. The summed E-state index contributed by atoms with van der Waals surface area (Å²) < 4.78 is 5.87. The molecule has 3 amide bonds. The highest BCUT2D eigenvalue weighted by molar-refractivity contribution is 5.99. The first-order valence-corrected chi connectivity index (χ1v) is 15.4. The van der Waals surface area contributed by atoms with E-state index in [0.29, 0.717) is 31.1 Å². The van der Waals surface area contributed by atoms with Gasteiger partial charge in [-0.1, -0.05) is 49.4 Å². The normalized spacial score (nSPS) is 14.9. The third-order valence-corrected chi connectivity index (χ3v) is 8.30. The molecule has 2 atom stereocenters. The molecule has 0 radical (unpaired) electrons. The highest BCUT2D eigenvalue weighted by Crippen LogP contribution is 2.31. The number of ether oxygens (including phenoxy) is 1. The number of carbonyl (C=O) groups excluding carboxylic acids is 2. The number of para-hydroxylation sites is 2. The number of fused-ring (bicyclic) bond motifs is 1. The van der Waals surface area contributed by atoms with E-state index in [-0.39, 0.29) is 17.9 Å². The summed E-state index contributed by atoms with van der Waals surface area (Å²) in [6.07, 6.45) is 1.94. The van der Waals surface area contributed by atoms with Crippen LogP contribution >= 0.6 is 0 Å². The molecular formula is C35H44N6O3. The molecule has 9 heteroatoms. The molecule has 0 spiro atoms. The lowest BCUT2D eigenvalue weighted by molar-refractivity contribution is -0.118. The van der Waals surface area contributed by atoms with Crippen LogP contribution in [0.4, 0.5) is 16.2 Å². The van der Waals surface area contributed by atoms with Gasteiger partial charge in [0.1, 0.15) is 11.8 Å². The van der Waals surface area contributed by atoms with E-state index in [1.807, 2.05) is 88.7 Å². The monoisotopic (exact) mass is 596 g/mol. The molecule has 1 aliphatic rings. The van der Waals surface area contributed by atoms with Gasteiger partial charge < -0.3 is 35.1 Å². The highest BCUT2D eigenvalue weighted by atomic mass is 16.5. The standard InChI is InChI=1S/C35H44N6O3/c1-6-44-32-16-15-26(23-39(4)5)21-30(32)37-34(42)33(25(3)28-22-36-29-13-9-8-12-27(28)29)38-35(43)41-19-17-40(18-20-41)31-14-10-7-11-24(31)2/h7-16,21-22,25,33,36H,6,17-20,23H2,1-5H3,(H,37,42)(H,38,43)/t25-,33-/m1/s1. The van der Waals surface area contributed by atoms with Crippen LogP contribution in [0.25, 0.3) is 10.9 Å². The molecule has 4 aromatic rings. The Balaban J connectivity index is 1.38. The number of aryl methyl sites for hydroxylation is 1. The Morgan fingerprint density at radius 2 is 1.73 bits per heavy atom. The summed E-state index contributed by atoms with van der Waals surface area (Å²) in [7, 11) is 4.01. The van der Waals surface area contributed by atoms with Crippen LogP contribution < -0.4 is 20.3 Å². The van der Waals surface area contributed by atoms with Gasteiger partial charge in [0.15, 0.2) is 0 Å². The molecule has 232 valence electrons. The fourth-order valence-corrected chi connectivity index (χ4v) is 5.99. The molecule has 3 aromatic carbocycles. The Labute approximate surface area is 260 Å². The molecule has 1 fully saturated rings. The van der Waals surface area contributed by atoms with Crippen molar-refractivity contribution in [1.82, 2.24) is 20.1 Å². The molecule has 44 heavy (non-hydrogen) atoms. The minimum Gasteiger partial charge on any atom is -0.492 e. The van der Waals surface area contributed by atoms with E-state index in [1.165, 1.54) is 11.3 Å². The first kappa shape index (κ1) is 30.9. The van der Waals surface area contributed by atoms with Gasteiger partial charge in [0, 0.05) is 61.4 Å². The third-order valence-electron chi connectivity index (χ3n) is 8.30. The van der Waals surface area contributed by atoms with Crippen molar-refractivity contribution < 1.29 is 14.3 Å². The number of anilines is 2. The first-order valence-electron chi connectivity index (χ1n) is 15.4. The van der Waals surface area contributed by atoms with Gasteiger partial charge in [-0.3, -0.25) is 4.79 Å². The predicted octanol–water partition coefficient (Wildman–Crippen LogP) is 5.58. The second kappa shape index (κ2) is 13.9. The van der Waals surface area contributed by atoms with Gasteiger partial charge in [-0.2, -0.15) is 0 Å². The van der Waals surface area contributed by atoms with E-state index in [9.17, 15) is 9.59 Å². The predicted molar refractivity (Wildman–Crippen MR) is 178 cm³/mol. The van der Waals surface area contributed by atoms with Crippen LogP contribution in [0.15, 0.2) is 72.9 Å². The number of hydrogen-bond acceptors (Lipinski definition) is 5. The van der Waals surface area contributed by atoms with Crippen molar-refractivity contribution in [3.8, 4) is 5.75 Å². The number of nitrogens with one attached hydrogen (secondary N) is 3. The Hall–Kier alpha value is -4.50. The zero-order valence-corrected chi connectivity index (χ0v) is 26.4. The van der Waals surface area contributed by atoms with Crippen molar-refractivity contribution in [3.63, 3.8) is 0 Å². The van der Waals surface area contributed by atoms with Crippen LogP contribution in [0.3, 0.4) is 0 Å². The molecule has 0 bridgehead atoms. The lowest BCUT2D eigenvalue weighted by atomic mass is 9.92. The van der Waals surface area contributed by atoms with E-state index in [1.54, 1.807) is 4.90 Å². The maximum absolute atomic E-state index is 14.1. The van der Waals surface area contributed by atoms with Crippen LogP contribution in [0.5, 0.6) is 5.75 Å². The lowest BCUT2D eigenvalue weighted by Crippen LogP contribution is -2.56. The topological polar surface area (TPSA) is 92.9 Å². The van der Waals surface area contributed by atoms with Gasteiger partial charge in [0.25, 0.3) is 0 Å². The Bertz CT molecular complexity index is 1590. The third kappa shape index (κ3) is 7.00. The van der Waals surface area contributed by atoms with Crippen molar-refractivity contribution in [2.24, 2.45) is 0 Å². The van der Waals surface area contributed by atoms with Crippen LogP contribution in [0, 0.1) is 6.92 Å². The van der Waals surface area contributed by atoms with Crippen molar-refractivity contribution in [3.05, 3.63) is 89.6 Å². The fraction of sp³-hybridized carbons (Fsp3) is 0.371. The van der Waals surface area contributed by atoms with Crippen molar-refractivity contribution in [1.29, 1.82) is 0 Å². The molecule has 0 saturated carbocycles. The number of hydrogen-bond donors (Lipinski definition) is 3. The van der Waals surface area contributed by atoms with Gasteiger partial charge in [-0.05, 0) is 68.9 Å². The SMILES string of the molecule is CCOc1ccc(CN(C)C)cc1NC(=O)[C@H](NC(=O)N1CCN(c2ccccc2C)CC1)[C@H](C)c1c[nH]c2ccccc12. The van der Waals surface area contributed by atoms with Crippen LogP contribution in [-0.4, -0.2) is 79.6 Å². The fourth-order valence-electron chi connectivity index (χ4n) is 5.99. The lowest BCUT2D eigenvalue weighted by Gasteiger charge is -2.37. The Morgan fingerprint density at radius 3 is 2.45 bits per heavy atom. The summed E-state index contributed by atoms with van der Waals surface area (Å²) in [4.78, 5) is 37.4.